The van der Waals surface area contributed by atoms with Gasteiger partial charge in [0.15, 0.2) is 9.21 Å². The van der Waals surface area contributed by atoms with Crippen LogP contribution in [0.2, 0.25) is 0 Å². The molecule has 0 atom stereocenters. The first-order valence-corrected chi connectivity index (χ1v) is 3.32. The van der Waals surface area contributed by atoms with Crippen LogP contribution in [0.3, 0.4) is 0 Å². The molecule has 0 saturated carbocycles. The number of nitrogens with two attached hydrogens (primary N) is 1. The predicted octanol–water partition coefficient (Wildman–Crippen LogP) is 0.517. The standard InChI is InChI=1S/C2H2Br2N4/c3-1-2(4)7-8(5)6-1/h5H2. The highest BCUT2D eigenvalue weighted by molar-refractivity contribution is 9.13. The van der Waals surface area contributed by atoms with Crippen molar-refractivity contribution in [1.29, 1.82) is 0 Å². The van der Waals surface area contributed by atoms with E-state index in [2.05, 4.69) is 42.1 Å². The molecule has 1 aromatic rings. The van der Waals surface area contributed by atoms with E-state index in [1.165, 1.54) is 0 Å². The van der Waals surface area contributed by atoms with E-state index < -0.39 is 0 Å². The van der Waals surface area contributed by atoms with Crippen LogP contribution in [0.1, 0.15) is 0 Å². The molecule has 0 fully saturated rings. The van der Waals surface area contributed by atoms with Crippen LogP contribution in [0.25, 0.3) is 0 Å². The Balaban J connectivity index is 3.14. The third-order valence-corrected chi connectivity index (χ3v) is 2.15. The van der Waals surface area contributed by atoms with Crippen molar-refractivity contribution in [3.8, 4) is 0 Å². The van der Waals surface area contributed by atoms with Crippen molar-refractivity contribution in [1.82, 2.24) is 15.1 Å². The second-order valence-electron chi connectivity index (χ2n) is 1.10. The third-order valence-electron chi connectivity index (χ3n) is 0.551. The highest BCUT2D eigenvalue weighted by Crippen LogP contribution is 2.15. The lowest BCUT2D eigenvalue weighted by atomic mass is 11.0. The van der Waals surface area contributed by atoms with E-state index in [1.54, 1.807) is 0 Å². The van der Waals surface area contributed by atoms with Crippen molar-refractivity contribution < 1.29 is 0 Å². The molecule has 0 aliphatic heterocycles. The summed E-state index contributed by atoms with van der Waals surface area (Å²) >= 11 is 6.19. The van der Waals surface area contributed by atoms with Crippen LogP contribution in [0.5, 0.6) is 0 Å². The van der Waals surface area contributed by atoms with Gasteiger partial charge in [-0.2, -0.15) is 0 Å². The van der Waals surface area contributed by atoms with Gasteiger partial charge in [0.05, 0.1) is 0 Å². The molecular formula is C2H2Br2N4. The first kappa shape index (κ1) is 6.03. The minimum Gasteiger partial charge on any atom is -0.306 e. The Kier molecular flexibility index (Phi) is 1.52. The lowest BCUT2D eigenvalue weighted by Gasteiger charge is -1.77. The molecule has 0 amide bonds. The van der Waals surface area contributed by atoms with Crippen LogP contribution in [0.4, 0.5) is 0 Å². The van der Waals surface area contributed by atoms with Gasteiger partial charge in [-0.05, 0) is 31.9 Å². The summed E-state index contributed by atoms with van der Waals surface area (Å²) in [5, 5.41) is 7.33. The Morgan fingerprint density at radius 2 is 1.62 bits per heavy atom. The predicted molar refractivity (Wildman–Crippen MR) is 35.6 cm³/mol. The SMILES string of the molecule is Nn1nc(Br)c(Br)n1. The van der Waals surface area contributed by atoms with E-state index in [9.17, 15) is 0 Å². The topological polar surface area (TPSA) is 56.7 Å². The van der Waals surface area contributed by atoms with Crippen molar-refractivity contribution in [2.45, 2.75) is 0 Å². The van der Waals surface area contributed by atoms with E-state index >= 15 is 0 Å². The molecule has 6 heteroatoms. The number of halogens is 2. The molecule has 1 rings (SSSR count). The molecule has 0 unspecified atom stereocenters. The van der Waals surface area contributed by atoms with Crippen LogP contribution >= 0.6 is 31.9 Å². The summed E-state index contributed by atoms with van der Waals surface area (Å²) < 4.78 is 1.22. The molecule has 1 heterocycles. The molecule has 1 aromatic heterocycles. The van der Waals surface area contributed by atoms with Gasteiger partial charge in [-0.3, -0.25) is 0 Å². The van der Waals surface area contributed by atoms with Crippen molar-refractivity contribution in [3.63, 3.8) is 0 Å². The fraction of sp³-hybridized carbons (Fsp3) is 0. The molecule has 0 radical (unpaired) electrons. The normalized spacial score (nSPS) is 9.75. The lowest BCUT2D eigenvalue weighted by molar-refractivity contribution is 0.701. The largest absolute Gasteiger partial charge is 0.306 e. The van der Waals surface area contributed by atoms with Crippen molar-refractivity contribution in [2.24, 2.45) is 0 Å². The average Bonchev–Trinajstić information content (AvgIpc) is 1.85. The Morgan fingerprint density at radius 1 is 1.25 bits per heavy atom. The highest BCUT2D eigenvalue weighted by Gasteiger charge is 1.99. The second kappa shape index (κ2) is 2.02. The zero-order valence-corrected chi connectivity index (χ0v) is 6.85. The molecule has 0 saturated heterocycles. The fourth-order valence-electron chi connectivity index (χ4n) is 0.285. The minimum atomic E-state index is 0.611. The Labute approximate surface area is 62.3 Å². The summed E-state index contributed by atoms with van der Waals surface area (Å²) in [6.07, 6.45) is 0. The number of nitrogen functional groups attached to an aromatic ring is 1. The molecule has 0 spiro atoms. The lowest BCUT2D eigenvalue weighted by Crippen LogP contribution is -2.11. The molecule has 2 N–H and O–H groups in total. The monoisotopic (exact) mass is 240 g/mol. The smallest absolute Gasteiger partial charge is 0.165 e. The van der Waals surface area contributed by atoms with Gasteiger partial charge in [0.1, 0.15) is 0 Å². The zero-order valence-electron chi connectivity index (χ0n) is 3.67. The first-order valence-electron chi connectivity index (χ1n) is 1.73. The number of aromatic nitrogens is 3. The quantitative estimate of drug-likeness (QED) is 0.674. The third kappa shape index (κ3) is 1.00. The Hall–Kier alpha value is -0.100. The van der Waals surface area contributed by atoms with Crippen LogP contribution in [0, 0.1) is 0 Å². The molecule has 0 aliphatic carbocycles. The average molecular weight is 242 g/mol. The van der Waals surface area contributed by atoms with Gasteiger partial charge in [-0.25, -0.2) is 0 Å². The molecule has 44 valence electrons. The minimum absolute atomic E-state index is 0.611. The van der Waals surface area contributed by atoms with Gasteiger partial charge in [0.2, 0.25) is 0 Å². The van der Waals surface area contributed by atoms with Crippen LogP contribution in [-0.2, 0) is 0 Å². The molecule has 8 heavy (non-hydrogen) atoms. The summed E-state index contributed by atoms with van der Waals surface area (Å²) in [6.45, 7) is 0. The van der Waals surface area contributed by atoms with Crippen molar-refractivity contribution in [2.75, 3.05) is 5.84 Å². The van der Waals surface area contributed by atoms with E-state index in [4.69, 9.17) is 5.84 Å². The molecule has 4 nitrogen and oxygen atoms in total. The van der Waals surface area contributed by atoms with E-state index in [1.807, 2.05) is 0 Å². The number of hydrogen-bond donors (Lipinski definition) is 1. The molecular weight excluding hydrogens is 240 g/mol. The van der Waals surface area contributed by atoms with Crippen molar-refractivity contribution in [3.05, 3.63) is 9.21 Å². The maximum atomic E-state index is 5.11. The van der Waals surface area contributed by atoms with Gasteiger partial charge >= 0.3 is 0 Å². The van der Waals surface area contributed by atoms with E-state index in [0.29, 0.717) is 9.21 Å². The van der Waals surface area contributed by atoms with Crippen LogP contribution < -0.4 is 5.84 Å². The van der Waals surface area contributed by atoms with Gasteiger partial charge in [-0.1, -0.05) is 4.91 Å². The first-order chi connectivity index (χ1) is 3.70. The van der Waals surface area contributed by atoms with Gasteiger partial charge in [0, 0.05) is 0 Å². The maximum absolute atomic E-state index is 5.11. The van der Waals surface area contributed by atoms with E-state index in [-0.39, 0.29) is 0 Å². The summed E-state index contributed by atoms with van der Waals surface area (Å²) in [6, 6.07) is 0. The number of hydrogen-bond acceptors (Lipinski definition) is 3. The van der Waals surface area contributed by atoms with Gasteiger partial charge in [-0.15, -0.1) is 10.2 Å². The van der Waals surface area contributed by atoms with Crippen LogP contribution in [0.15, 0.2) is 9.21 Å². The summed E-state index contributed by atoms with van der Waals surface area (Å²) in [5.74, 6) is 5.11. The molecule has 0 aliphatic rings. The molecule has 0 bridgehead atoms. The Morgan fingerprint density at radius 3 is 1.75 bits per heavy atom. The number of nitrogens with zero attached hydrogens (tertiary/aromatic N) is 3. The van der Waals surface area contributed by atoms with Crippen molar-refractivity contribution >= 4 is 31.9 Å². The fourth-order valence-corrected chi connectivity index (χ4v) is 0.768. The van der Waals surface area contributed by atoms with Gasteiger partial charge < -0.3 is 5.84 Å². The summed E-state index contributed by atoms with van der Waals surface area (Å²) in [7, 11) is 0. The molecule has 0 aromatic carbocycles. The maximum Gasteiger partial charge on any atom is 0.165 e. The zero-order chi connectivity index (χ0) is 6.15. The van der Waals surface area contributed by atoms with E-state index in [0.717, 1.165) is 4.91 Å². The second-order valence-corrected chi connectivity index (χ2v) is 2.60. The van der Waals surface area contributed by atoms with Crippen LogP contribution in [-0.4, -0.2) is 15.1 Å². The number of rotatable bonds is 0. The summed E-state index contributed by atoms with van der Waals surface area (Å²) in [5.41, 5.74) is 0. The Bertz CT molecular complexity index is 174. The van der Waals surface area contributed by atoms with Gasteiger partial charge in [0.25, 0.3) is 0 Å². The summed E-state index contributed by atoms with van der Waals surface area (Å²) in [4.78, 5) is 0.980. The highest BCUT2D eigenvalue weighted by atomic mass is 79.9.